The molecule has 0 radical (unpaired) electrons. The maximum absolute atomic E-state index is 2.46. The molecule has 8 aromatic carbocycles. The summed E-state index contributed by atoms with van der Waals surface area (Å²) >= 11 is 0. The van der Waals surface area contributed by atoms with Gasteiger partial charge in [0.15, 0.2) is 0 Å². The molecule has 45 heavy (non-hydrogen) atoms. The molecular weight excluding hydrogens is 542 g/mol. The first kappa shape index (κ1) is 23.5. The van der Waals surface area contributed by atoms with Gasteiger partial charge in [-0.2, -0.15) is 0 Å². The number of benzene rings is 8. The number of hydrogen-bond acceptors (Lipinski definition) is 0. The fourth-order valence-electron chi connectivity index (χ4n) is 8.46. The standard InChI is InChI=1S/C44H25N/c1-2-10-30-29(9-1)34-15-7-14-33-28(23-24-36(30)42(33)34)26-19-21-27(22-20-26)45-40-18-6-5-13-37(40)44-38-17-8-16-35-31-11-3-4-12-32(31)39(43(35)38)25-41(44)45/h1-25H. The summed E-state index contributed by atoms with van der Waals surface area (Å²) in [5.74, 6) is 0. The molecule has 11 rings (SSSR count). The second-order valence-corrected chi connectivity index (χ2v) is 12.4. The SMILES string of the molecule is c1ccc2c(c1)-c1cccc3c(-c4ccc(-n5c6ccccc6c6c7cccc8c7c(cc65)-c5ccccc5-8)cc4)ccc-2c13. The van der Waals surface area contributed by atoms with Crippen LogP contribution in [0.5, 0.6) is 0 Å². The number of aromatic nitrogens is 1. The van der Waals surface area contributed by atoms with Crippen molar-refractivity contribution in [2.24, 2.45) is 0 Å². The van der Waals surface area contributed by atoms with E-state index in [1.165, 1.54) is 105 Å². The van der Waals surface area contributed by atoms with Crippen LogP contribution in [0.4, 0.5) is 0 Å². The van der Waals surface area contributed by atoms with Gasteiger partial charge in [-0.25, -0.2) is 0 Å². The minimum Gasteiger partial charge on any atom is -0.309 e. The van der Waals surface area contributed by atoms with E-state index in [2.05, 4.69) is 156 Å². The van der Waals surface area contributed by atoms with Gasteiger partial charge in [0.1, 0.15) is 0 Å². The highest BCUT2D eigenvalue weighted by Gasteiger charge is 2.26. The number of nitrogens with zero attached hydrogens (tertiary/aromatic N) is 1. The maximum Gasteiger partial charge on any atom is 0.0553 e. The molecule has 0 amide bonds. The lowest BCUT2D eigenvalue weighted by Gasteiger charge is -2.13. The van der Waals surface area contributed by atoms with Gasteiger partial charge < -0.3 is 4.57 Å². The average molecular weight is 568 g/mol. The molecule has 1 aromatic heterocycles. The molecule has 2 aliphatic rings. The molecule has 0 bridgehead atoms. The van der Waals surface area contributed by atoms with E-state index in [4.69, 9.17) is 0 Å². The minimum absolute atomic E-state index is 1.18. The molecule has 0 saturated carbocycles. The maximum atomic E-state index is 2.46. The van der Waals surface area contributed by atoms with Crippen LogP contribution in [-0.2, 0) is 0 Å². The van der Waals surface area contributed by atoms with Gasteiger partial charge in [-0.3, -0.25) is 0 Å². The van der Waals surface area contributed by atoms with E-state index in [1.807, 2.05) is 0 Å². The van der Waals surface area contributed by atoms with Crippen molar-refractivity contribution in [3.63, 3.8) is 0 Å². The summed E-state index contributed by atoms with van der Waals surface area (Å²) in [5.41, 5.74) is 16.9. The van der Waals surface area contributed by atoms with Crippen molar-refractivity contribution < 1.29 is 0 Å². The molecule has 1 heteroatoms. The van der Waals surface area contributed by atoms with Gasteiger partial charge in [-0.1, -0.05) is 127 Å². The Morgan fingerprint density at radius 1 is 0.289 bits per heavy atom. The molecule has 0 spiro atoms. The summed E-state index contributed by atoms with van der Waals surface area (Å²) in [4.78, 5) is 0. The Balaban J connectivity index is 1.14. The van der Waals surface area contributed by atoms with Crippen molar-refractivity contribution >= 4 is 43.4 Å². The Kier molecular flexibility index (Phi) is 4.38. The smallest absolute Gasteiger partial charge is 0.0553 e. The van der Waals surface area contributed by atoms with Crippen molar-refractivity contribution in [3.05, 3.63) is 152 Å². The lowest BCUT2D eigenvalue weighted by Crippen LogP contribution is -1.94. The Morgan fingerprint density at radius 3 is 1.51 bits per heavy atom. The fourth-order valence-corrected chi connectivity index (χ4v) is 8.46. The van der Waals surface area contributed by atoms with Crippen LogP contribution in [0.3, 0.4) is 0 Å². The van der Waals surface area contributed by atoms with Crippen LogP contribution in [-0.4, -0.2) is 4.57 Å². The molecule has 206 valence electrons. The summed E-state index contributed by atoms with van der Waals surface area (Å²) in [6.07, 6.45) is 0. The molecule has 0 saturated heterocycles. The molecule has 0 N–H and O–H groups in total. The van der Waals surface area contributed by atoms with Crippen LogP contribution in [0.15, 0.2) is 152 Å². The molecule has 0 atom stereocenters. The monoisotopic (exact) mass is 567 g/mol. The molecule has 1 heterocycles. The van der Waals surface area contributed by atoms with Crippen LogP contribution in [0, 0.1) is 0 Å². The zero-order chi connectivity index (χ0) is 29.2. The topological polar surface area (TPSA) is 4.93 Å². The van der Waals surface area contributed by atoms with Crippen LogP contribution in [0.25, 0.3) is 105 Å². The highest BCUT2D eigenvalue weighted by atomic mass is 15.0. The molecule has 2 aliphatic carbocycles. The van der Waals surface area contributed by atoms with Gasteiger partial charge in [0.25, 0.3) is 0 Å². The van der Waals surface area contributed by atoms with E-state index in [-0.39, 0.29) is 0 Å². The summed E-state index contributed by atoms with van der Waals surface area (Å²) in [7, 11) is 0. The highest BCUT2D eigenvalue weighted by molar-refractivity contribution is 6.29. The third-order valence-electron chi connectivity index (χ3n) is 10.3. The Morgan fingerprint density at radius 2 is 0.800 bits per heavy atom. The van der Waals surface area contributed by atoms with Gasteiger partial charge in [0, 0.05) is 16.5 Å². The zero-order valence-corrected chi connectivity index (χ0v) is 24.4. The fraction of sp³-hybridized carbons (Fsp3) is 0. The van der Waals surface area contributed by atoms with Crippen LogP contribution in [0.2, 0.25) is 0 Å². The number of hydrogen-bond donors (Lipinski definition) is 0. The lowest BCUT2D eigenvalue weighted by molar-refractivity contribution is 1.18. The van der Waals surface area contributed by atoms with Crippen molar-refractivity contribution in [3.8, 4) is 61.3 Å². The van der Waals surface area contributed by atoms with Gasteiger partial charge in [0.2, 0.25) is 0 Å². The van der Waals surface area contributed by atoms with Gasteiger partial charge in [0.05, 0.1) is 11.0 Å². The van der Waals surface area contributed by atoms with E-state index in [1.54, 1.807) is 0 Å². The Labute approximate surface area is 260 Å². The summed E-state index contributed by atoms with van der Waals surface area (Å²) in [6, 6.07) is 56.3. The summed E-state index contributed by atoms with van der Waals surface area (Å²) < 4.78 is 2.46. The number of fused-ring (bicyclic) bond motifs is 10. The second kappa shape index (κ2) is 8.37. The molecule has 1 nitrogen and oxygen atoms in total. The van der Waals surface area contributed by atoms with Crippen LogP contribution < -0.4 is 0 Å². The molecule has 9 aromatic rings. The zero-order valence-electron chi connectivity index (χ0n) is 24.4. The van der Waals surface area contributed by atoms with Crippen molar-refractivity contribution in [1.82, 2.24) is 4.57 Å². The number of para-hydroxylation sites is 1. The van der Waals surface area contributed by atoms with Crippen molar-refractivity contribution in [2.75, 3.05) is 0 Å². The largest absolute Gasteiger partial charge is 0.309 e. The molecule has 0 unspecified atom stereocenters. The molecule has 0 aliphatic heterocycles. The van der Waals surface area contributed by atoms with E-state index in [9.17, 15) is 0 Å². The molecular formula is C44H25N. The second-order valence-electron chi connectivity index (χ2n) is 12.4. The molecule has 0 fully saturated rings. The van der Waals surface area contributed by atoms with Gasteiger partial charge in [-0.05, 0) is 101 Å². The predicted molar refractivity (Wildman–Crippen MR) is 190 cm³/mol. The normalized spacial score (nSPS) is 12.4. The average Bonchev–Trinajstić information content (AvgIpc) is 3.73. The predicted octanol–water partition coefficient (Wildman–Crippen LogP) is 12.1. The van der Waals surface area contributed by atoms with Crippen LogP contribution in [0.1, 0.15) is 0 Å². The first-order chi connectivity index (χ1) is 22.3. The van der Waals surface area contributed by atoms with Gasteiger partial charge >= 0.3 is 0 Å². The van der Waals surface area contributed by atoms with E-state index < -0.39 is 0 Å². The van der Waals surface area contributed by atoms with Crippen LogP contribution >= 0.6 is 0 Å². The van der Waals surface area contributed by atoms with Crippen molar-refractivity contribution in [1.29, 1.82) is 0 Å². The van der Waals surface area contributed by atoms with Crippen molar-refractivity contribution in [2.45, 2.75) is 0 Å². The summed E-state index contributed by atoms with van der Waals surface area (Å²) in [5, 5.41) is 8.01. The van der Waals surface area contributed by atoms with E-state index >= 15 is 0 Å². The van der Waals surface area contributed by atoms with Gasteiger partial charge in [-0.15, -0.1) is 0 Å². The first-order valence-corrected chi connectivity index (χ1v) is 15.7. The van der Waals surface area contributed by atoms with E-state index in [0.29, 0.717) is 0 Å². The lowest BCUT2D eigenvalue weighted by atomic mass is 9.94. The number of rotatable bonds is 2. The third kappa shape index (κ3) is 2.93. The Hall–Kier alpha value is -5.92. The third-order valence-corrected chi connectivity index (χ3v) is 10.3. The summed E-state index contributed by atoms with van der Waals surface area (Å²) in [6.45, 7) is 0. The highest BCUT2D eigenvalue weighted by Crippen LogP contribution is 2.52. The first-order valence-electron chi connectivity index (χ1n) is 15.7. The quantitative estimate of drug-likeness (QED) is 0.196. The minimum atomic E-state index is 1.18. The van der Waals surface area contributed by atoms with E-state index in [0.717, 1.165) is 0 Å². The Bertz CT molecular complexity index is 2710.